The van der Waals surface area contributed by atoms with Crippen LogP contribution in [0.1, 0.15) is 158 Å². The Kier molecular flexibility index (Phi) is 22.2. The molecule has 0 aliphatic heterocycles. The van der Waals surface area contributed by atoms with Crippen molar-refractivity contribution in [3.05, 3.63) is 397 Å². The van der Waals surface area contributed by atoms with E-state index in [1.54, 1.807) is 0 Å². The Labute approximate surface area is 704 Å². The molecule has 0 N–H and O–H groups in total. The summed E-state index contributed by atoms with van der Waals surface area (Å²) in [6.45, 7) is 42.1. The van der Waals surface area contributed by atoms with Crippen LogP contribution < -0.4 is 19.6 Å². The molecule has 590 valence electrons. The molecule has 118 heavy (non-hydrogen) atoms. The summed E-state index contributed by atoms with van der Waals surface area (Å²) < 4.78 is 0. The van der Waals surface area contributed by atoms with Gasteiger partial charge in [-0.05, 0) is 278 Å². The van der Waals surface area contributed by atoms with Crippen molar-refractivity contribution in [3.8, 4) is 66.8 Å². The molecule has 4 nitrogen and oxygen atoms in total. The second kappa shape index (κ2) is 32.5. The van der Waals surface area contributed by atoms with Crippen LogP contribution in [-0.4, -0.2) is 0 Å². The second-order valence-electron chi connectivity index (χ2n) is 38.0. The lowest BCUT2D eigenvalue weighted by Gasteiger charge is -2.33. The fourth-order valence-electron chi connectivity index (χ4n) is 17.0. The van der Waals surface area contributed by atoms with E-state index in [9.17, 15) is 0 Å². The van der Waals surface area contributed by atoms with Gasteiger partial charge in [0.2, 0.25) is 0 Å². The molecule has 0 aliphatic rings. The van der Waals surface area contributed by atoms with Gasteiger partial charge in [-0.3, -0.25) is 0 Å². The lowest BCUT2D eigenvalue weighted by atomic mass is 9.81. The Morgan fingerprint density at radius 3 is 0.356 bits per heavy atom. The fourth-order valence-corrected chi connectivity index (χ4v) is 17.0. The predicted molar refractivity (Wildman–Crippen MR) is 510 cm³/mol. The van der Waals surface area contributed by atoms with E-state index < -0.39 is 0 Å². The highest BCUT2D eigenvalue weighted by Gasteiger charge is 2.31. The maximum Gasteiger partial charge on any atom is 0.0464 e. The van der Waals surface area contributed by atoms with Gasteiger partial charge >= 0.3 is 0 Å². The molecule has 0 bridgehead atoms. The van der Waals surface area contributed by atoms with Crippen molar-refractivity contribution in [2.75, 3.05) is 19.6 Å². The number of hydrogen-bond donors (Lipinski definition) is 0. The molecule has 0 fully saturated rings. The van der Waals surface area contributed by atoms with Crippen LogP contribution in [0, 0.1) is 0 Å². The van der Waals surface area contributed by atoms with Gasteiger partial charge in [0.25, 0.3) is 0 Å². The van der Waals surface area contributed by atoms with E-state index in [1.807, 2.05) is 0 Å². The zero-order valence-corrected chi connectivity index (χ0v) is 72.4. The standard InChI is InChI=1S/C114H114N4/c1-109(2,3)103-73-91(61-67-97(103)79-37-25-19-26-38-79)116(92-62-68-98(80-39-27-20-28-40-80)104(74-92)110(4,5)6)88-55-49-85(50-56-88)115(86-51-57-89(58-52-86)117(93-63-69-99(81-41-29-21-30-42-81)105(75-93)111(7,8)9)94-64-70-100(82-43-31-22-32-44-82)106(76-94)112(10,11)12)87-53-59-90(60-54-87)118(95-65-71-101(83-45-33-23-34-46-83)107(77-95)113(13,14)15)96-66-72-102(84-47-35-24-36-48-84)108(78-96)114(16,17)18/h19-78H,1-18H3. The summed E-state index contributed by atoms with van der Waals surface area (Å²) in [5, 5.41) is 0. The predicted octanol–water partition coefficient (Wildman–Crippen LogP) is 33.4. The molecule has 0 radical (unpaired) electrons. The molecule has 0 heterocycles. The van der Waals surface area contributed by atoms with E-state index in [1.165, 1.54) is 100 Å². The van der Waals surface area contributed by atoms with Gasteiger partial charge < -0.3 is 19.6 Å². The van der Waals surface area contributed by atoms with Crippen molar-refractivity contribution in [2.45, 2.75) is 157 Å². The maximum atomic E-state index is 2.47. The summed E-state index contributed by atoms with van der Waals surface area (Å²) in [6.07, 6.45) is 0. The molecule has 15 aromatic rings. The number of hydrogen-bond acceptors (Lipinski definition) is 4. The lowest BCUT2D eigenvalue weighted by molar-refractivity contribution is 0.591. The van der Waals surface area contributed by atoms with Crippen molar-refractivity contribution in [2.24, 2.45) is 0 Å². The number of nitrogens with zero attached hydrogens (tertiary/aromatic N) is 4. The number of benzene rings is 15. The van der Waals surface area contributed by atoms with Crippen LogP contribution in [-0.2, 0) is 32.5 Å². The van der Waals surface area contributed by atoms with Gasteiger partial charge in [-0.15, -0.1) is 0 Å². The largest absolute Gasteiger partial charge is 0.310 e. The molecule has 0 aliphatic carbocycles. The van der Waals surface area contributed by atoms with E-state index in [4.69, 9.17) is 0 Å². The van der Waals surface area contributed by atoms with Crippen LogP contribution in [0.3, 0.4) is 0 Å². The Morgan fingerprint density at radius 2 is 0.237 bits per heavy atom. The Hall–Kier alpha value is -12.5. The van der Waals surface area contributed by atoms with Crippen molar-refractivity contribution < 1.29 is 0 Å². The molecule has 0 saturated heterocycles. The molecule has 0 saturated carbocycles. The highest BCUT2D eigenvalue weighted by Crippen LogP contribution is 2.51. The molecule has 0 atom stereocenters. The Balaban J connectivity index is 0.930. The minimum atomic E-state index is -0.181. The Bertz CT molecular complexity index is 5090. The third kappa shape index (κ3) is 17.2. The van der Waals surface area contributed by atoms with Crippen molar-refractivity contribution in [1.29, 1.82) is 0 Å². The first kappa shape index (κ1) is 80.7. The second-order valence-corrected chi connectivity index (χ2v) is 38.0. The van der Waals surface area contributed by atoms with E-state index in [0.717, 1.165) is 68.2 Å². The monoisotopic (exact) mass is 1540 g/mol. The van der Waals surface area contributed by atoms with Gasteiger partial charge in [0.1, 0.15) is 0 Å². The molecule has 15 rings (SSSR count). The first-order valence-corrected chi connectivity index (χ1v) is 42.0. The van der Waals surface area contributed by atoms with Gasteiger partial charge in [-0.1, -0.05) is 343 Å². The zero-order chi connectivity index (χ0) is 83.1. The third-order valence-electron chi connectivity index (χ3n) is 23.0. The average Bonchev–Trinajstić information content (AvgIpc) is 0.774. The molecule has 4 heteroatoms. The highest BCUT2D eigenvalue weighted by molar-refractivity contribution is 5.90. The normalized spacial score (nSPS) is 12.2. The van der Waals surface area contributed by atoms with Gasteiger partial charge in [-0.25, -0.2) is 0 Å². The topological polar surface area (TPSA) is 13.0 Å². The minimum absolute atomic E-state index is 0.181. The fraction of sp³-hybridized carbons (Fsp3) is 0.211. The Morgan fingerprint density at radius 1 is 0.127 bits per heavy atom. The smallest absolute Gasteiger partial charge is 0.0464 e. The van der Waals surface area contributed by atoms with Crippen LogP contribution in [0.15, 0.2) is 364 Å². The van der Waals surface area contributed by atoms with Crippen molar-refractivity contribution in [1.82, 2.24) is 0 Å². The summed E-state index contributed by atoms with van der Waals surface area (Å²) in [5.74, 6) is 0. The summed E-state index contributed by atoms with van der Waals surface area (Å²) in [7, 11) is 0. The van der Waals surface area contributed by atoms with Crippen LogP contribution in [0.5, 0.6) is 0 Å². The molecule has 15 aromatic carbocycles. The van der Waals surface area contributed by atoms with Crippen LogP contribution in [0.25, 0.3) is 66.8 Å². The molecule has 0 unspecified atom stereocenters. The summed E-state index contributed by atoms with van der Waals surface area (Å²) >= 11 is 0. The van der Waals surface area contributed by atoms with E-state index in [2.05, 4.69) is 508 Å². The molecule has 0 spiro atoms. The first-order valence-electron chi connectivity index (χ1n) is 42.0. The van der Waals surface area contributed by atoms with Crippen LogP contribution in [0.4, 0.5) is 68.2 Å². The van der Waals surface area contributed by atoms with Gasteiger partial charge in [0.05, 0.1) is 0 Å². The SMILES string of the molecule is CC(C)(C)c1cc(N(c2ccc(N(c3ccc(N(c4ccc(-c5ccccc5)c(C(C)(C)C)c4)c4ccc(-c5ccccc5)c(C(C)(C)C)c4)cc3)c3ccc(N(c4ccc(-c5ccccc5)c(C(C)(C)C)c4)c4ccc(-c5ccccc5)c(C(C)(C)C)c4)cc3)cc2)c2ccc(-c3ccccc3)c(C(C)(C)C)c2)ccc1-c1ccccc1. The van der Waals surface area contributed by atoms with Gasteiger partial charge in [-0.2, -0.15) is 0 Å². The van der Waals surface area contributed by atoms with Gasteiger partial charge in [0.15, 0.2) is 0 Å². The van der Waals surface area contributed by atoms with Crippen LogP contribution in [0.2, 0.25) is 0 Å². The van der Waals surface area contributed by atoms with Crippen molar-refractivity contribution >= 4 is 68.2 Å². The first-order chi connectivity index (χ1) is 56.3. The van der Waals surface area contributed by atoms with E-state index in [-0.39, 0.29) is 32.5 Å². The summed E-state index contributed by atoms with van der Waals surface area (Å²) in [6, 6.07) is 136. The molecule has 0 aromatic heterocycles. The highest BCUT2D eigenvalue weighted by atomic mass is 15.2. The number of anilines is 12. The molecular weight excluding hydrogens is 1430 g/mol. The summed E-state index contributed by atoms with van der Waals surface area (Å²) in [4.78, 5) is 9.85. The maximum absolute atomic E-state index is 2.47. The minimum Gasteiger partial charge on any atom is -0.310 e. The van der Waals surface area contributed by atoms with E-state index in [0.29, 0.717) is 0 Å². The summed E-state index contributed by atoms with van der Waals surface area (Å²) in [5.41, 5.74) is 33.9. The van der Waals surface area contributed by atoms with Crippen LogP contribution >= 0.6 is 0 Å². The van der Waals surface area contributed by atoms with E-state index >= 15 is 0 Å². The van der Waals surface area contributed by atoms with Gasteiger partial charge in [0, 0.05) is 68.2 Å². The molecule has 0 amide bonds. The average molecular weight is 1540 g/mol. The number of rotatable bonds is 18. The quantitative estimate of drug-likeness (QED) is 0.0849. The third-order valence-corrected chi connectivity index (χ3v) is 23.0. The lowest BCUT2D eigenvalue weighted by Crippen LogP contribution is -2.18. The molecular formula is C114H114N4. The van der Waals surface area contributed by atoms with Crippen molar-refractivity contribution in [3.63, 3.8) is 0 Å². The zero-order valence-electron chi connectivity index (χ0n) is 72.4.